The summed E-state index contributed by atoms with van der Waals surface area (Å²) in [5.41, 5.74) is 0.768. The zero-order valence-corrected chi connectivity index (χ0v) is 17.2. The number of para-hydroxylation sites is 1. The monoisotopic (exact) mass is 400 g/mol. The second-order valence-corrected chi connectivity index (χ2v) is 7.25. The molecule has 29 heavy (non-hydrogen) atoms. The molecule has 0 radical (unpaired) electrons. The highest BCUT2D eigenvalue weighted by molar-refractivity contribution is 5.87. The Morgan fingerprint density at radius 2 is 1.69 bits per heavy atom. The normalized spacial score (nSPS) is 11.8. The Balaban J connectivity index is 1.99. The summed E-state index contributed by atoms with van der Waals surface area (Å²) in [6, 6.07) is 14.7. The van der Waals surface area contributed by atoms with E-state index in [4.69, 9.17) is 4.74 Å². The fraction of sp³-hybridized carbons (Fsp3) is 0.391. The first kappa shape index (κ1) is 22.4. The standard InChI is InChI=1S/C23H29FN2O3/c1-17(2)25-23(28)18(3)26(16-19-11-13-20(24)14-12-19)22(27)10-7-15-29-21-8-5-4-6-9-21/h4-6,8-9,11-14,17-18H,7,10,15-16H2,1-3H3,(H,25,28)/t18-/m1/s1. The van der Waals surface area contributed by atoms with Crippen LogP contribution in [0.25, 0.3) is 0 Å². The molecule has 0 aliphatic carbocycles. The molecule has 156 valence electrons. The van der Waals surface area contributed by atoms with Gasteiger partial charge in [-0.2, -0.15) is 0 Å². The molecule has 0 saturated carbocycles. The average molecular weight is 400 g/mol. The predicted molar refractivity (Wildman–Crippen MR) is 111 cm³/mol. The van der Waals surface area contributed by atoms with Crippen molar-refractivity contribution in [1.82, 2.24) is 10.2 Å². The van der Waals surface area contributed by atoms with E-state index in [0.717, 1.165) is 11.3 Å². The minimum Gasteiger partial charge on any atom is -0.494 e. The zero-order valence-electron chi connectivity index (χ0n) is 17.2. The van der Waals surface area contributed by atoms with Gasteiger partial charge < -0.3 is 15.0 Å². The molecule has 0 spiro atoms. The molecule has 0 saturated heterocycles. The molecule has 1 N–H and O–H groups in total. The SMILES string of the molecule is CC(C)NC(=O)[C@@H](C)N(Cc1ccc(F)cc1)C(=O)CCCOc1ccccc1. The second kappa shape index (κ2) is 11.2. The van der Waals surface area contributed by atoms with Crippen LogP contribution >= 0.6 is 0 Å². The lowest BCUT2D eigenvalue weighted by Crippen LogP contribution is -2.49. The average Bonchev–Trinajstić information content (AvgIpc) is 2.70. The number of hydrogen-bond acceptors (Lipinski definition) is 3. The maximum absolute atomic E-state index is 13.2. The molecule has 5 nitrogen and oxygen atoms in total. The number of hydrogen-bond donors (Lipinski definition) is 1. The van der Waals surface area contributed by atoms with Gasteiger partial charge in [-0.3, -0.25) is 9.59 Å². The van der Waals surface area contributed by atoms with Crippen molar-refractivity contribution in [3.8, 4) is 5.75 Å². The van der Waals surface area contributed by atoms with Crippen molar-refractivity contribution in [2.45, 2.75) is 52.2 Å². The molecule has 0 unspecified atom stereocenters. The summed E-state index contributed by atoms with van der Waals surface area (Å²) in [6.45, 7) is 6.10. The molecule has 0 aliphatic heterocycles. The summed E-state index contributed by atoms with van der Waals surface area (Å²) >= 11 is 0. The van der Waals surface area contributed by atoms with Gasteiger partial charge in [0.2, 0.25) is 11.8 Å². The molecular weight excluding hydrogens is 371 g/mol. The first-order valence-corrected chi connectivity index (χ1v) is 9.89. The van der Waals surface area contributed by atoms with E-state index in [2.05, 4.69) is 5.32 Å². The van der Waals surface area contributed by atoms with Crippen molar-refractivity contribution >= 4 is 11.8 Å². The first-order valence-electron chi connectivity index (χ1n) is 9.89. The van der Waals surface area contributed by atoms with Crippen molar-refractivity contribution in [2.75, 3.05) is 6.61 Å². The van der Waals surface area contributed by atoms with Crippen LogP contribution < -0.4 is 10.1 Å². The Morgan fingerprint density at radius 1 is 1.03 bits per heavy atom. The van der Waals surface area contributed by atoms with Crippen molar-refractivity contribution in [2.24, 2.45) is 0 Å². The van der Waals surface area contributed by atoms with Crippen LogP contribution in [0.3, 0.4) is 0 Å². The molecule has 2 rings (SSSR count). The Labute approximate surface area is 171 Å². The molecule has 0 bridgehead atoms. The van der Waals surface area contributed by atoms with Crippen LogP contribution in [0, 0.1) is 5.82 Å². The third-order valence-electron chi connectivity index (χ3n) is 4.41. The minimum absolute atomic E-state index is 0.0213. The Hall–Kier alpha value is -2.89. The molecule has 2 aromatic rings. The van der Waals surface area contributed by atoms with Crippen LogP contribution in [0.4, 0.5) is 4.39 Å². The van der Waals surface area contributed by atoms with Crippen LogP contribution in [-0.4, -0.2) is 35.4 Å². The summed E-state index contributed by atoms with van der Waals surface area (Å²) in [5, 5.41) is 2.84. The van der Waals surface area contributed by atoms with E-state index in [-0.39, 0.29) is 36.6 Å². The van der Waals surface area contributed by atoms with Gasteiger partial charge in [-0.15, -0.1) is 0 Å². The highest BCUT2D eigenvalue weighted by Gasteiger charge is 2.26. The molecule has 0 aliphatic rings. The molecule has 1 atom stereocenters. The maximum atomic E-state index is 13.2. The van der Waals surface area contributed by atoms with Gasteiger partial charge in [-0.25, -0.2) is 4.39 Å². The van der Waals surface area contributed by atoms with Crippen molar-refractivity contribution < 1.29 is 18.7 Å². The van der Waals surface area contributed by atoms with Gasteiger partial charge in [0.15, 0.2) is 0 Å². The lowest BCUT2D eigenvalue weighted by atomic mass is 10.1. The highest BCUT2D eigenvalue weighted by Crippen LogP contribution is 2.14. The van der Waals surface area contributed by atoms with Crippen LogP contribution in [0.1, 0.15) is 39.2 Å². The quantitative estimate of drug-likeness (QED) is 0.615. The number of nitrogens with one attached hydrogen (secondary N) is 1. The largest absolute Gasteiger partial charge is 0.494 e. The smallest absolute Gasteiger partial charge is 0.242 e. The molecule has 6 heteroatoms. The molecule has 0 fully saturated rings. The summed E-state index contributed by atoms with van der Waals surface area (Å²) in [5.74, 6) is 0.0662. The van der Waals surface area contributed by atoms with Crippen molar-refractivity contribution in [3.63, 3.8) is 0 Å². The fourth-order valence-corrected chi connectivity index (χ4v) is 2.85. The minimum atomic E-state index is -0.634. The first-order chi connectivity index (χ1) is 13.9. The van der Waals surface area contributed by atoms with Crippen LogP contribution in [0.5, 0.6) is 5.75 Å². The Morgan fingerprint density at radius 3 is 2.31 bits per heavy atom. The van der Waals surface area contributed by atoms with E-state index in [1.54, 1.807) is 19.1 Å². The van der Waals surface area contributed by atoms with Gasteiger partial charge in [0, 0.05) is 19.0 Å². The molecule has 0 aromatic heterocycles. The van der Waals surface area contributed by atoms with Gasteiger partial charge in [-0.1, -0.05) is 30.3 Å². The molecule has 2 aromatic carbocycles. The van der Waals surface area contributed by atoms with E-state index in [1.165, 1.54) is 17.0 Å². The molecule has 0 heterocycles. The Kier molecular flexibility index (Phi) is 8.65. The van der Waals surface area contributed by atoms with Crippen LogP contribution in [0.2, 0.25) is 0 Å². The van der Waals surface area contributed by atoms with E-state index in [1.807, 2.05) is 44.2 Å². The van der Waals surface area contributed by atoms with Gasteiger partial charge in [0.05, 0.1) is 6.61 Å². The fourth-order valence-electron chi connectivity index (χ4n) is 2.85. The number of rotatable bonds is 10. The number of ether oxygens (including phenoxy) is 1. The van der Waals surface area contributed by atoms with E-state index < -0.39 is 6.04 Å². The van der Waals surface area contributed by atoms with Gasteiger partial charge in [-0.05, 0) is 57.0 Å². The highest BCUT2D eigenvalue weighted by atomic mass is 19.1. The van der Waals surface area contributed by atoms with Crippen LogP contribution in [0.15, 0.2) is 54.6 Å². The van der Waals surface area contributed by atoms with E-state index in [0.29, 0.717) is 13.0 Å². The predicted octanol–water partition coefficient (Wildman–Crippen LogP) is 3.93. The van der Waals surface area contributed by atoms with Gasteiger partial charge in [0.1, 0.15) is 17.6 Å². The van der Waals surface area contributed by atoms with Gasteiger partial charge >= 0.3 is 0 Å². The number of carbonyl (C=O) groups excluding carboxylic acids is 2. The number of nitrogens with zero attached hydrogens (tertiary/aromatic N) is 1. The Bertz CT molecular complexity index is 778. The van der Waals surface area contributed by atoms with E-state index in [9.17, 15) is 14.0 Å². The maximum Gasteiger partial charge on any atom is 0.242 e. The van der Waals surface area contributed by atoms with Gasteiger partial charge in [0.25, 0.3) is 0 Å². The number of benzene rings is 2. The third-order valence-corrected chi connectivity index (χ3v) is 4.41. The number of carbonyl (C=O) groups is 2. The summed E-state index contributed by atoms with van der Waals surface area (Å²) < 4.78 is 18.8. The number of amides is 2. The summed E-state index contributed by atoms with van der Waals surface area (Å²) in [7, 11) is 0. The lowest BCUT2D eigenvalue weighted by molar-refractivity contribution is -0.141. The van der Waals surface area contributed by atoms with Crippen molar-refractivity contribution in [1.29, 1.82) is 0 Å². The van der Waals surface area contributed by atoms with E-state index >= 15 is 0 Å². The molecule has 2 amide bonds. The topological polar surface area (TPSA) is 58.6 Å². The lowest BCUT2D eigenvalue weighted by Gasteiger charge is -2.29. The van der Waals surface area contributed by atoms with Crippen LogP contribution in [-0.2, 0) is 16.1 Å². The third kappa shape index (κ3) is 7.56. The summed E-state index contributed by atoms with van der Waals surface area (Å²) in [4.78, 5) is 26.9. The molecular formula is C23H29FN2O3. The summed E-state index contributed by atoms with van der Waals surface area (Å²) in [6.07, 6.45) is 0.791. The van der Waals surface area contributed by atoms with Crippen molar-refractivity contribution in [3.05, 3.63) is 66.0 Å². The number of halogens is 1. The second-order valence-electron chi connectivity index (χ2n) is 7.25. The zero-order chi connectivity index (χ0) is 21.2.